The first-order valence-corrected chi connectivity index (χ1v) is 18.2. The number of aliphatic hydroxyl groups excluding tert-OH is 2. The van der Waals surface area contributed by atoms with Crippen molar-refractivity contribution < 1.29 is 43.7 Å². The Bertz CT molecular complexity index is 1070. The Labute approximate surface area is 292 Å². The number of hydrogen-bond donors (Lipinski definition) is 6. The number of esters is 1. The molecule has 6 N–H and O–H groups in total. The van der Waals surface area contributed by atoms with Crippen LogP contribution in [0, 0.1) is 11.8 Å². The van der Waals surface area contributed by atoms with E-state index in [9.17, 15) is 39.0 Å². The van der Waals surface area contributed by atoms with Crippen molar-refractivity contribution in [3.05, 3.63) is 0 Å². The van der Waals surface area contributed by atoms with Crippen LogP contribution in [0.15, 0.2) is 0 Å². The Morgan fingerprint density at radius 3 is 1.92 bits per heavy atom. The summed E-state index contributed by atoms with van der Waals surface area (Å²) >= 11 is 0. The lowest BCUT2D eigenvalue weighted by Gasteiger charge is -2.34. The molecule has 1 aliphatic rings. The molecule has 0 aromatic rings. The first kappa shape index (κ1) is 43.8. The number of cyclic esters (lactones) is 1. The Hall–Kier alpha value is -3.26. The van der Waals surface area contributed by atoms with Crippen molar-refractivity contribution in [2.45, 2.75) is 155 Å². The molecular formula is C35H63N5O9. The van der Waals surface area contributed by atoms with Crippen LogP contribution < -0.4 is 21.3 Å². The van der Waals surface area contributed by atoms with Gasteiger partial charge < -0.3 is 41.1 Å². The summed E-state index contributed by atoms with van der Waals surface area (Å²) in [5.41, 5.74) is 0. The maximum absolute atomic E-state index is 13.9. The van der Waals surface area contributed by atoms with Crippen molar-refractivity contribution >= 4 is 35.5 Å². The third-order valence-electron chi connectivity index (χ3n) is 9.33. The molecule has 0 aliphatic carbocycles. The van der Waals surface area contributed by atoms with Crippen molar-refractivity contribution in [3.8, 4) is 0 Å². The van der Waals surface area contributed by atoms with Gasteiger partial charge in [-0.1, -0.05) is 92.4 Å². The number of unbranched alkanes of at least 4 members (excludes halogenated alkanes) is 7. The summed E-state index contributed by atoms with van der Waals surface area (Å²) in [5.74, 6) is -5.60. The van der Waals surface area contributed by atoms with E-state index in [0.29, 0.717) is 32.1 Å². The van der Waals surface area contributed by atoms with Gasteiger partial charge in [-0.05, 0) is 32.1 Å². The second-order valence-electron chi connectivity index (χ2n) is 13.4. The fraction of sp³-hybridized carbons (Fsp3) is 0.829. The summed E-state index contributed by atoms with van der Waals surface area (Å²) < 4.78 is 5.77. The zero-order valence-corrected chi connectivity index (χ0v) is 30.7. The normalized spacial score (nSPS) is 26.7. The fourth-order valence-electron chi connectivity index (χ4n) is 5.84. The monoisotopic (exact) mass is 697 g/mol. The van der Waals surface area contributed by atoms with E-state index in [1.807, 2.05) is 13.8 Å². The third kappa shape index (κ3) is 14.6. The molecule has 0 saturated carbocycles. The van der Waals surface area contributed by atoms with Gasteiger partial charge in [0, 0.05) is 7.05 Å². The lowest BCUT2D eigenvalue weighted by Crippen LogP contribution is -2.61. The van der Waals surface area contributed by atoms with Crippen molar-refractivity contribution in [1.82, 2.24) is 26.2 Å². The van der Waals surface area contributed by atoms with Gasteiger partial charge in [0.1, 0.15) is 36.8 Å². The van der Waals surface area contributed by atoms with E-state index >= 15 is 0 Å². The molecule has 0 aromatic carbocycles. The fourth-order valence-corrected chi connectivity index (χ4v) is 5.84. The van der Waals surface area contributed by atoms with Gasteiger partial charge in [-0.3, -0.25) is 28.8 Å². The van der Waals surface area contributed by atoms with Crippen LogP contribution in [0.1, 0.15) is 119 Å². The van der Waals surface area contributed by atoms with Crippen LogP contribution in [0.2, 0.25) is 0 Å². The molecule has 5 amide bonds. The topological polar surface area (TPSA) is 203 Å². The number of rotatable bonds is 15. The molecule has 1 heterocycles. The van der Waals surface area contributed by atoms with Crippen LogP contribution in [0.5, 0.6) is 0 Å². The summed E-state index contributed by atoms with van der Waals surface area (Å²) in [7, 11) is 1.51. The first-order valence-electron chi connectivity index (χ1n) is 18.2. The molecule has 1 aliphatic heterocycles. The Morgan fingerprint density at radius 1 is 0.776 bits per heavy atom. The highest BCUT2D eigenvalue weighted by molar-refractivity contribution is 5.96. The number of likely N-dealkylation sites (N-methyl/N-ethyl adjacent to an activating group) is 1. The van der Waals surface area contributed by atoms with E-state index in [0.717, 1.165) is 25.7 Å². The maximum atomic E-state index is 13.9. The standard InChI is InChI=1S/C35H63N5O9/c1-8-11-12-13-14-15-16-17-19-27-23(5)35(48)40(7)26(18-9-2)32(45)38-29(22(4)10-3)34(47)37-25(21-41)31(44)39-30(24(6)42)33(46)36-20-28(43)49-27/h22-27,29-30,41-42H,8-21H2,1-7H3,(H,36,46)(H,37,47)(H,38,45)(H,39,44)/t22-,23+,24-,25-,26-,27+,29-,30-/m0/s1. The number of aliphatic hydroxyl groups is 2. The predicted molar refractivity (Wildman–Crippen MR) is 185 cm³/mol. The maximum Gasteiger partial charge on any atom is 0.325 e. The number of nitrogens with zero attached hydrogens (tertiary/aromatic N) is 1. The lowest BCUT2D eigenvalue weighted by atomic mass is 9.95. The summed E-state index contributed by atoms with van der Waals surface area (Å²) in [6.07, 6.45) is 7.89. The van der Waals surface area contributed by atoms with Gasteiger partial charge in [-0.15, -0.1) is 0 Å². The van der Waals surface area contributed by atoms with Crippen molar-refractivity contribution in [2.24, 2.45) is 11.8 Å². The number of ether oxygens (including phenoxy) is 1. The Morgan fingerprint density at radius 2 is 1.37 bits per heavy atom. The van der Waals surface area contributed by atoms with Gasteiger partial charge in [-0.2, -0.15) is 0 Å². The molecule has 49 heavy (non-hydrogen) atoms. The molecule has 0 unspecified atom stereocenters. The molecule has 0 radical (unpaired) electrons. The largest absolute Gasteiger partial charge is 0.460 e. The Kier molecular flexibility index (Phi) is 20.7. The van der Waals surface area contributed by atoms with Crippen molar-refractivity contribution in [1.29, 1.82) is 0 Å². The van der Waals surface area contributed by atoms with E-state index in [4.69, 9.17) is 4.74 Å². The molecule has 8 atom stereocenters. The van der Waals surface area contributed by atoms with Gasteiger partial charge in [-0.25, -0.2) is 0 Å². The molecule has 1 fully saturated rings. The second-order valence-corrected chi connectivity index (χ2v) is 13.4. The molecule has 1 rings (SSSR count). The minimum Gasteiger partial charge on any atom is -0.460 e. The summed E-state index contributed by atoms with van der Waals surface area (Å²) in [4.78, 5) is 81.5. The number of carbonyl (C=O) groups is 6. The quantitative estimate of drug-likeness (QED) is 0.109. The van der Waals surface area contributed by atoms with Gasteiger partial charge in [0.15, 0.2) is 0 Å². The van der Waals surface area contributed by atoms with Crippen molar-refractivity contribution in [3.63, 3.8) is 0 Å². The number of hydrogen-bond acceptors (Lipinski definition) is 9. The lowest BCUT2D eigenvalue weighted by molar-refractivity contribution is -0.157. The van der Waals surface area contributed by atoms with Crippen LogP contribution in [0.3, 0.4) is 0 Å². The summed E-state index contributed by atoms with van der Waals surface area (Å²) in [6, 6.07) is -5.11. The highest BCUT2D eigenvalue weighted by Crippen LogP contribution is 2.21. The van der Waals surface area contributed by atoms with Gasteiger partial charge >= 0.3 is 5.97 Å². The van der Waals surface area contributed by atoms with E-state index in [1.165, 1.54) is 38.1 Å². The molecule has 0 aromatic heterocycles. The number of amides is 5. The van der Waals surface area contributed by atoms with Crippen LogP contribution in [-0.2, 0) is 33.5 Å². The van der Waals surface area contributed by atoms with E-state index in [1.54, 1.807) is 13.8 Å². The van der Waals surface area contributed by atoms with Gasteiger partial charge in [0.2, 0.25) is 29.5 Å². The molecule has 0 bridgehead atoms. The highest BCUT2D eigenvalue weighted by Gasteiger charge is 2.38. The van der Waals surface area contributed by atoms with E-state index in [2.05, 4.69) is 28.2 Å². The minimum atomic E-state index is -1.53. The molecule has 0 spiro atoms. The van der Waals surface area contributed by atoms with E-state index in [-0.39, 0.29) is 0 Å². The van der Waals surface area contributed by atoms with Crippen LogP contribution in [0.4, 0.5) is 0 Å². The molecule has 282 valence electrons. The van der Waals surface area contributed by atoms with Crippen LogP contribution in [-0.4, -0.2) is 107 Å². The third-order valence-corrected chi connectivity index (χ3v) is 9.33. The summed E-state index contributed by atoms with van der Waals surface area (Å²) in [6.45, 7) is 9.08. The van der Waals surface area contributed by atoms with E-state index < -0.39 is 96.9 Å². The van der Waals surface area contributed by atoms with Crippen molar-refractivity contribution in [2.75, 3.05) is 20.2 Å². The first-order chi connectivity index (χ1) is 23.2. The SMILES string of the molecule is CCCCCCCCCC[C@H]1OC(=O)CNC(=O)[C@H]([C@H](C)O)NC(=O)[C@H](CO)NC(=O)[C@H]([C@@H](C)CC)NC(=O)[C@H](CCC)N(C)C(=O)[C@@H]1C. The smallest absolute Gasteiger partial charge is 0.325 e. The summed E-state index contributed by atoms with van der Waals surface area (Å²) in [5, 5.41) is 30.1. The minimum absolute atomic E-state index is 0.298. The number of nitrogens with one attached hydrogen (secondary N) is 4. The average Bonchev–Trinajstić information content (AvgIpc) is 3.07. The second kappa shape index (κ2) is 23.2. The predicted octanol–water partition coefficient (Wildman–Crippen LogP) is 1.70. The van der Waals surface area contributed by atoms with Crippen LogP contribution in [0.25, 0.3) is 0 Å². The molecule has 1 saturated heterocycles. The number of carbonyl (C=O) groups excluding carboxylic acids is 6. The average molecular weight is 698 g/mol. The Balaban J connectivity index is 3.45. The molecular weight excluding hydrogens is 634 g/mol. The van der Waals surface area contributed by atoms with Gasteiger partial charge in [0.25, 0.3) is 0 Å². The molecule has 14 heteroatoms. The zero-order valence-electron chi connectivity index (χ0n) is 30.7. The highest BCUT2D eigenvalue weighted by atomic mass is 16.5. The zero-order chi connectivity index (χ0) is 37.1. The molecule has 14 nitrogen and oxygen atoms in total. The van der Waals surface area contributed by atoms with Gasteiger partial charge in [0.05, 0.1) is 18.6 Å². The van der Waals surface area contributed by atoms with Crippen LogP contribution >= 0.6 is 0 Å².